The van der Waals surface area contributed by atoms with Gasteiger partial charge in [0.1, 0.15) is 0 Å². The molecule has 0 radical (unpaired) electrons. The van der Waals surface area contributed by atoms with E-state index in [9.17, 15) is 8.42 Å². The van der Waals surface area contributed by atoms with Gasteiger partial charge in [-0.15, -0.1) is 0 Å². The predicted molar refractivity (Wildman–Crippen MR) is 116 cm³/mol. The van der Waals surface area contributed by atoms with Crippen LogP contribution >= 0.6 is 0 Å². The van der Waals surface area contributed by atoms with Crippen LogP contribution < -0.4 is 5.73 Å². The van der Waals surface area contributed by atoms with Crippen LogP contribution in [0.15, 0.2) is 23.2 Å². The molecule has 2 aromatic rings. The quantitative estimate of drug-likeness (QED) is 0.790. The molecule has 0 aliphatic carbocycles. The minimum atomic E-state index is -3.68. The second kappa shape index (κ2) is 8.03. The first-order chi connectivity index (χ1) is 13.5. The summed E-state index contributed by atoms with van der Waals surface area (Å²) in [5.74, 6) is 0.718. The molecule has 0 atom stereocenters. The topological polar surface area (TPSA) is 89.2 Å². The molecule has 0 bridgehead atoms. The lowest BCUT2D eigenvalue weighted by molar-refractivity contribution is 0.383. The Kier molecular flexibility index (Phi) is 6.01. The molecule has 0 saturated carbocycles. The SMILES string of the molecule is CC(C)c1cc(C(C)C)c(S(=O)(=O)N2CCc3cnc(N)nc3C2)c(C(C)C)c1. The van der Waals surface area contributed by atoms with E-state index in [-0.39, 0.29) is 24.3 Å². The lowest BCUT2D eigenvalue weighted by atomic mass is 9.89. The molecule has 6 nitrogen and oxygen atoms in total. The van der Waals surface area contributed by atoms with Gasteiger partial charge in [-0.05, 0) is 46.4 Å². The number of hydrogen-bond acceptors (Lipinski definition) is 5. The zero-order chi connectivity index (χ0) is 21.5. The van der Waals surface area contributed by atoms with Crippen molar-refractivity contribution >= 4 is 16.0 Å². The molecule has 158 valence electrons. The number of nitrogens with two attached hydrogens (primary N) is 1. The van der Waals surface area contributed by atoms with Gasteiger partial charge in [-0.25, -0.2) is 18.4 Å². The van der Waals surface area contributed by atoms with Crippen LogP contribution in [0.5, 0.6) is 0 Å². The van der Waals surface area contributed by atoms with E-state index in [1.807, 2.05) is 0 Å². The van der Waals surface area contributed by atoms with E-state index in [0.717, 1.165) is 16.7 Å². The smallest absolute Gasteiger partial charge is 0.244 e. The maximum Gasteiger partial charge on any atom is 0.244 e. The molecule has 7 heteroatoms. The fourth-order valence-electron chi connectivity index (χ4n) is 3.82. The first-order valence-corrected chi connectivity index (χ1v) is 11.7. The Balaban J connectivity index is 2.15. The van der Waals surface area contributed by atoms with Crippen LogP contribution in [-0.4, -0.2) is 29.2 Å². The summed E-state index contributed by atoms with van der Waals surface area (Å²) in [6.45, 7) is 13.2. The molecule has 2 heterocycles. The Morgan fingerprint density at radius 1 is 1.00 bits per heavy atom. The fourth-order valence-corrected chi connectivity index (χ4v) is 5.88. The maximum absolute atomic E-state index is 13.9. The van der Waals surface area contributed by atoms with Gasteiger partial charge in [-0.2, -0.15) is 4.31 Å². The van der Waals surface area contributed by atoms with Gasteiger partial charge in [0, 0.05) is 12.7 Å². The van der Waals surface area contributed by atoms with E-state index < -0.39 is 10.0 Å². The monoisotopic (exact) mass is 416 g/mol. The maximum atomic E-state index is 13.9. The Labute approximate surface area is 174 Å². The van der Waals surface area contributed by atoms with Gasteiger partial charge in [0.2, 0.25) is 16.0 Å². The van der Waals surface area contributed by atoms with E-state index in [4.69, 9.17) is 5.73 Å². The molecule has 1 aliphatic heterocycles. The number of anilines is 1. The molecule has 0 saturated heterocycles. The predicted octanol–water partition coefficient (Wildman–Crippen LogP) is 4.18. The van der Waals surface area contributed by atoms with Gasteiger partial charge in [-0.1, -0.05) is 53.7 Å². The van der Waals surface area contributed by atoms with Crippen LogP contribution in [0, 0.1) is 0 Å². The van der Waals surface area contributed by atoms with Crippen LogP contribution in [0.4, 0.5) is 5.95 Å². The molecule has 1 aromatic carbocycles. The summed E-state index contributed by atoms with van der Waals surface area (Å²) in [4.78, 5) is 8.79. The van der Waals surface area contributed by atoms with Gasteiger partial charge < -0.3 is 5.73 Å². The molecule has 0 unspecified atom stereocenters. The molecular weight excluding hydrogens is 384 g/mol. The molecule has 1 aliphatic rings. The van der Waals surface area contributed by atoms with E-state index in [1.165, 1.54) is 5.56 Å². The number of rotatable bonds is 5. The van der Waals surface area contributed by atoms with Crippen molar-refractivity contribution in [2.24, 2.45) is 0 Å². The molecule has 1 aromatic heterocycles. The lowest BCUT2D eigenvalue weighted by Gasteiger charge is -2.30. The van der Waals surface area contributed by atoms with Crippen molar-refractivity contribution in [3.05, 3.63) is 46.3 Å². The van der Waals surface area contributed by atoms with Crippen molar-refractivity contribution in [1.82, 2.24) is 14.3 Å². The number of benzene rings is 1. The Morgan fingerprint density at radius 2 is 1.59 bits per heavy atom. The van der Waals surface area contributed by atoms with Crippen LogP contribution in [0.1, 0.15) is 87.2 Å². The third kappa shape index (κ3) is 4.16. The van der Waals surface area contributed by atoms with Crippen molar-refractivity contribution in [3.8, 4) is 0 Å². The molecule has 29 heavy (non-hydrogen) atoms. The van der Waals surface area contributed by atoms with E-state index >= 15 is 0 Å². The summed E-state index contributed by atoms with van der Waals surface area (Å²) >= 11 is 0. The zero-order valence-corrected chi connectivity index (χ0v) is 19.0. The van der Waals surface area contributed by atoms with Gasteiger partial charge in [0.05, 0.1) is 17.1 Å². The number of hydrogen-bond donors (Lipinski definition) is 1. The van der Waals surface area contributed by atoms with E-state index in [1.54, 1.807) is 10.5 Å². The molecule has 0 spiro atoms. The molecular formula is C22H32N4O2S. The third-order valence-corrected chi connectivity index (χ3v) is 7.59. The zero-order valence-electron chi connectivity index (χ0n) is 18.2. The van der Waals surface area contributed by atoms with Crippen LogP contribution in [0.25, 0.3) is 0 Å². The number of nitrogens with zero attached hydrogens (tertiary/aromatic N) is 3. The molecule has 3 rings (SSSR count). The standard InChI is InChI=1S/C22H32N4O2S/c1-13(2)17-9-18(14(3)4)21(19(10-17)15(5)6)29(27,28)26-8-7-16-11-24-22(23)25-20(16)12-26/h9-11,13-15H,7-8,12H2,1-6H3,(H2,23,24,25). The second-order valence-corrected chi connectivity index (χ2v) is 10.7. The second-order valence-electron chi connectivity index (χ2n) is 8.78. The van der Waals surface area contributed by atoms with Gasteiger partial charge in [0.15, 0.2) is 0 Å². The molecule has 0 fully saturated rings. The highest BCUT2D eigenvalue weighted by atomic mass is 32.2. The molecule has 2 N–H and O–H groups in total. The van der Waals surface area contributed by atoms with Crippen molar-refractivity contribution in [2.45, 2.75) is 77.2 Å². The average molecular weight is 417 g/mol. The number of aromatic nitrogens is 2. The van der Waals surface area contributed by atoms with Gasteiger partial charge in [-0.3, -0.25) is 0 Å². The van der Waals surface area contributed by atoms with Crippen LogP contribution in [0.2, 0.25) is 0 Å². The Hall–Kier alpha value is -1.99. The Bertz CT molecular complexity index is 984. The largest absolute Gasteiger partial charge is 0.368 e. The van der Waals surface area contributed by atoms with E-state index in [2.05, 4.69) is 63.6 Å². The highest BCUT2D eigenvalue weighted by Crippen LogP contribution is 2.37. The van der Waals surface area contributed by atoms with Crippen molar-refractivity contribution in [1.29, 1.82) is 0 Å². The van der Waals surface area contributed by atoms with Gasteiger partial charge in [0.25, 0.3) is 0 Å². The molecule has 0 amide bonds. The third-order valence-electron chi connectivity index (χ3n) is 5.61. The minimum absolute atomic E-state index is 0.103. The number of sulfonamides is 1. The van der Waals surface area contributed by atoms with Crippen molar-refractivity contribution < 1.29 is 8.42 Å². The summed E-state index contributed by atoms with van der Waals surface area (Å²) in [7, 11) is -3.68. The average Bonchev–Trinajstić information content (AvgIpc) is 2.65. The van der Waals surface area contributed by atoms with E-state index in [0.29, 0.717) is 29.5 Å². The normalized spacial score (nSPS) is 15.3. The summed E-state index contributed by atoms with van der Waals surface area (Å²) in [5.41, 5.74) is 10.4. The van der Waals surface area contributed by atoms with Crippen LogP contribution in [0.3, 0.4) is 0 Å². The van der Waals surface area contributed by atoms with Crippen LogP contribution in [-0.2, 0) is 23.0 Å². The van der Waals surface area contributed by atoms with Crippen molar-refractivity contribution in [2.75, 3.05) is 12.3 Å². The number of nitrogen functional groups attached to an aromatic ring is 1. The summed E-state index contributed by atoms with van der Waals surface area (Å²) in [5, 5.41) is 0. The minimum Gasteiger partial charge on any atom is -0.368 e. The lowest BCUT2D eigenvalue weighted by Crippen LogP contribution is -2.37. The van der Waals surface area contributed by atoms with Crippen molar-refractivity contribution in [3.63, 3.8) is 0 Å². The first kappa shape index (κ1) is 21.7. The number of fused-ring (bicyclic) bond motifs is 1. The highest BCUT2D eigenvalue weighted by Gasteiger charge is 2.34. The summed E-state index contributed by atoms with van der Waals surface area (Å²) in [6, 6.07) is 4.15. The first-order valence-electron chi connectivity index (χ1n) is 10.3. The summed E-state index contributed by atoms with van der Waals surface area (Å²) in [6.07, 6.45) is 2.30. The Morgan fingerprint density at radius 3 is 2.10 bits per heavy atom. The summed E-state index contributed by atoms with van der Waals surface area (Å²) < 4.78 is 29.3. The van der Waals surface area contributed by atoms with Gasteiger partial charge >= 0.3 is 0 Å². The fraction of sp³-hybridized carbons (Fsp3) is 0.545. The highest BCUT2D eigenvalue weighted by molar-refractivity contribution is 7.89.